The van der Waals surface area contributed by atoms with E-state index in [1.54, 1.807) is 0 Å². The molecule has 2 fully saturated rings. The van der Waals surface area contributed by atoms with Crippen LogP contribution in [0.4, 0.5) is 5.82 Å². The maximum Gasteiger partial charge on any atom is 0.187 e. The van der Waals surface area contributed by atoms with Gasteiger partial charge in [-0.15, -0.1) is 11.3 Å². The Balaban J connectivity index is 1.55. The van der Waals surface area contributed by atoms with Crippen LogP contribution in [0, 0.1) is 0 Å². The predicted octanol–water partition coefficient (Wildman–Crippen LogP) is 1.21. The van der Waals surface area contributed by atoms with Crippen LogP contribution in [0.2, 0.25) is 0 Å². The number of aryl methyl sites for hydroxylation is 2. The van der Waals surface area contributed by atoms with Crippen molar-refractivity contribution in [2.24, 2.45) is 0 Å². The zero-order valence-electron chi connectivity index (χ0n) is 16.3. The lowest BCUT2D eigenvalue weighted by Gasteiger charge is -2.36. The predicted molar refractivity (Wildman–Crippen MR) is 107 cm³/mol. The van der Waals surface area contributed by atoms with Gasteiger partial charge in [-0.05, 0) is 38.7 Å². The second-order valence-corrected chi connectivity index (χ2v) is 9.29. The molecule has 1 aliphatic carbocycles. The van der Waals surface area contributed by atoms with Crippen molar-refractivity contribution in [3.05, 3.63) is 16.3 Å². The van der Waals surface area contributed by atoms with E-state index in [4.69, 9.17) is 19.4 Å². The van der Waals surface area contributed by atoms with Gasteiger partial charge in [0.25, 0.3) is 0 Å². The molecule has 2 saturated heterocycles. The number of hydrogen-bond acceptors (Lipinski definition) is 6. The van der Waals surface area contributed by atoms with Gasteiger partial charge in [-0.2, -0.15) is 0 Å². The quantitative estimate of drug-likeness (QED) is 0.855. The lowest BCUT2D eigenvalue weighted by atomic mass is 10.1. The molecule has 6 nitrogen and oxygen atoms in total. The number of rotatable bonds is 3. The number of anilines is 1. The molecule has 2 aromatic heterocycles. The molecule has 2 aromatic rings. The van der Waals surface area contributed by atoms with E-state index < -0.39 is 0 Å². The highest BCUT2D eigenvalue weighted by atomic mass is 32.1. The Morgan fingerprint density at radius 3 is 2.67 bits per heavy atom. The van der Waals surface area contributed by atoms with Crippen LogP contribution in [0.1, 0.15) is 36.5 Å². The highest BCUT2D eigenvalue weighted by Crippen LogP contribution is 2.41. The number of nitrogens with one attached hydrogen (secondary N) is 1. The van der Waals surface area contributed by atoms with E-state index >= 15 is 0 Å². The highest BCUT2D eigenvalue weighted by Gasteiger charge is 2.29. The molecular formula is C20H29N4O2S+. The van der Waals surface area contributed by atoms with Crippen molar-refractivity contribution in [1.82, 2.24) is 9.97 Å². The first-order chi connectivity index (χ1) is 13.2. The SMILES string of the molecule is C[C@H]1CN(c2nc(C[NH+]3CCOCC3)nc3sc4c(c23)CCC4)C[C@H](C)O1. The third-order valence-corrected chi connectivity index (χ3v) is 7.10. The Hall–Kier alpha value is -1.28. The van der Waals surface area contributed by atoms with Crippen molar-refractivity contribution in [2.75, 3.05) is 44.3 Å². The molecule has 0 unspecified atom stereocenters. The van der Waals surface area contributed by atoms with Crippen molar-refractivity contribution < 1.29 is 14.4 Å². The molecule has 0 saturated carbocycles. The standard InChI is InChI=1S/C20H28N4O2S/c1-13-10-24(11-14(2)26-13)19-18-15-4-3-5-16(15)27-20(18)22-17(21-19)12-23-6-8-25-9-7-23/h13-14H,3-12H2,1-2H3/p+1/t13-,14-/m0/s1. The van der Waals surface area contributed by atoms with Crippen LogP contribution in [0.3, 0.4) is 0 Å². The lowest BCUT2D eigenvalue weighted by molar-refractivity contribution is -0.922. The average molecular weight is 390 g/mol. The summed E-state index contributed by atoms with van der Waals surface area (Å²) < 4.78 is 11.5. The average Bonchev–Trinajstić information content (AvgIpc) is 3.22. The maximum atomic E-state index is 5.98. The zero-order valence-corrected chi connectivity index (χ0v) is 17.1. The molecule has 5 rings (SSSR count). The fourth-order valence-electron chi connectivity index (χ4n) is 4.74. The van der Waals surface area contributed by atoms with Crippen LogP contribution in [-0.2, 0) is 28.9 Å². The largest absolute Gasteiger partial charge is 0.372 e. The number of nitrogens with zero attached hydrogens (tertiary/aromatic N) is 3. The van der Waals surface area contributed by atoms with E-state index in [2.05, 4.69) is 18.7 Å². The van der Waals surface area contributed by atoms with E-state index in [0.717, 1.165) is 57.6 Å². The molecule has 0 aromatic carbocycles. The summed E-state index contributed by atoms with van der Waals surface area (Å²) in [6.07, 6.45) is 4.12. The van der Waals surface area contributed by atoms with Gasteiger partial charge >= 0.3 is 0 Å². The molecule has 27 heavy (non-hydrogen) atoms. The van der Waals surface area contributed by atoms with Crippen molar-refractivity contribution >= 4 is 27.4 Å². The van der Waals surface area contributed by atoms with Gasteiger partial charge in [0.2, 0.25) is 0 Å². The van der Waals surface area contributed by atoms with Gasteiger partial charge in [-0.25, -0.2) is 9.97 Å². The molecule has 2 aliphatic heterocycles. The Morgan fingerprint density at radius 1 is 1.11 bits per heavy atom. The number of fused-ring (bicyclic) bond motifs is 3. The van der Waals surface area contributed by atoms with Crippen LogP contribution >= 0.6 is 11.3 Å². The van der Waals surface area contributed by atoms with E-state index in [9.17, 15) is 0 Å². The summed E-state index contributed by atoms with van der Waals surface area (Å²) in [5, 5.41) is 1.33. The summed E-state index contributed by atoms with van der Waals surface area (Å²) in [4.78, 5) is 16.9. The van der Waals surface area contributed by atoms with Gasteiger partial charge in [0.1, 0.15) is 30.3 Å². The molecule has 0 radical (unpaired) electrons. The van der Waals surface area contributed by atoms with Crippen LogP contribution in [0.25, 0.3) is 10.2 Å². The first kappa shape index (κ1) is 17.8. The number of morpholine rings is 2. The molecule has 2 atom stereocenters. The van der Waals surface area contributed by atoms with Crippen LogP contribution in [0.15, 0.2) is 0 Å². The third kappa shape index (κ3) is 3.46. The van der Waals surface area contributed by atoms with E-state index in [-0.39, 0.29) is 12.2 Å². The van der Waals surface area contributed by atoms with Gasteiger partial charge in [0, 0.05) is 18.0 Å². The zero-order chi connectivity index (χ0) is 18.4. The number of quaternary nitrogens is 1. The maximum absolute atomic E-state index is 5.98. The smallest absolute Gasteiger partial charge is 0.187 e. The fourth-order valence-corrected chi connectivity index (χ4v) is 6.01. The van der Waals surface area contributed by atoms with Crippen molar-refractivity contribution in [3.8, 4) is 0 Å². The molecule has 146 valence electrons. The molecule has 4 heterocycles. The van der Waals surface area contributed by atoms with E-state index in [1.165, 1.54) is 44.8 Å². The molecule has 7 heteroatoms. The minimum atomic E-state index is 0.235. The van der Waals surface area contributed by atoms with Crippen LogP contribution in [-0.4, -0.2) is 61.6 Å². The number of aromatic nitrogens is 2. The van der Waals surface area contributed by atoms with Crippen molar-refractivity contribution in [3.63, 3.8) is 0 Å². The molecule has 3 aliphatic rings. The minimum absolute atomic E-state index is 0.235. The summed E-state index contributed by atoms with van der Waals surface area (Å²) in [6, 6.07) is 0. The highest BCUT2D eigenvalue weighted by molar-refractivity contribution is 7.19. The summed E-state index contributed by atoms with van der Waals surface area (Å²) in [6.45, 7) is 10.8. The molecule has 0 bridgehead atoms. The van der Waals surface area contributed by atoms with Crippen LogP contribution < -0.4 is 9.80 Å². The summed E-state index contributed by atoms with van der Waals surface area (Å²) >= 11 is 1.90. The minimum Gasteiger partial charge on any atom is -0.372 e. The summed E-state index contributed by atoms with van der Waals surface area (Å²) in [5.74, 6) is 2.14. The molecule has 0 amide bonds. The Morgan fingerprint density at radius 2 is 1.89 bits per heavy atom. The topological polar surface area (TPSA) is 51.9 Å². The number of ether oxygens (including phenoxy) is 2. The Bertz CT molecular complexity index is 823. The van der Waals surface area contributed by atoms with Crippen molar-refractivity contribution in [1.29, 1.82) is 0 Å². The Labute approximate surface area is 164 Å². The summed E-state index contributed by atoms with van der Waals surface area (Å²) in [5.41, 5.74) is 1.52. The monoisotopic (exact) mass is 389 g/mol. The molecule has 1 N–H and O–H groups in total. The first-order valence-electron chi connectivity index (χ1n) is 10.3. The Kier molecular flexibility index (Phi) is 4.80. The van der Waals surface area contributed by atoms with Gasteiger partial charge in [0.15, 0.2) is 5.82 Å². The van der Waals surface area contributed by atoms with Crippen LogP contribution in [0.5, 0.6) is 0 Å². The molecular weight excluding hydrogens is 360 g/mol. The van der Waals surface area contributed by atoms with E-state index in [1.807, 2.05) is 11.3 Å². The normalized spacial score (nSPS) is 26.7. The molecule has 0 spiro atoms. The number of hydrogen-bond donors (Lipinski definition) is 1. The lowest BCUT2D eigenvalue weighted by Crippen LogP contribution is -3.12. The third-order valence-electron chi connectivity index (χ3n) is 5.92. The summed E-state index contributed by atoms with van der Waals surface area (Å²) in [7, 11) is 0. The fraction of sp³-hybridized carbons (Fsp3) is 0.700. The first-order valence-corrected chi connectivity index (χ1v) is 11.1. The van der Waals surface area contributed by atoms with Gasteiger partial charge < -0.3 is 19.3 Å². The van der Waals surface area contributed by atoms with Gasteiger partial charge in [-0.3, -0.25) is 0 Å². The van der Waals surface area contributed by atoms with Gasteiger partial charge in [-0.1, -0.05) is 0 Å². The second-order valence-electron chi connectivity index (χ2n) is 8.20. The van der Waals surface area contributed by atoms with Gasteiger partial charge in [0.05, 0.1) is 30.8 Å². The number of thiophene rings is 1. The van der Waals surface area contributed by atoms with Crippen molar-refractivity contribution in [2.45, 2.75) is 51.9 Å². The van der Waals surface area contributed by atoms with E-state index in [0.29, 0.717) is 0 Å². The second kappa shape index (κ2) is 7.28.